The maximum atomic E-state index is 10.7. The second-order valence-corrected chi connectivity index (χ2v) is 3.37. The van der Waals surface area contributed by atoms with Crippen LogP contribution in [0.25, 0.3) is 0 Å². The summed E-state index contributed by atoms with van der Waals surface area (Å²) in [6.45, 7) is 2.39. The number of nitrogen functional groups attached to an aromatic ring is 1. The minimum absolute atomic E-state index is 0.00492. The molecule has 6 nitrogen and oxygen atoms in total. The highest BCUT2D eigenvalue weighted by atomic mass is 16.5. The quantitative estimate of drug-likeness (QED) is 0.686. The zero-order chi connectivity index (χ0) is 12.1. The molecule has 0 spiro atoms. The van der Waals surface area contributed by atoms with Crippen LogP contribution in [0.3, 0.4) is 0 Å². The normalized spacial score (nSPS) is 12.1. The fraction of sp³-hybridized carbons (Fsp3) is 0.400. The summed E-state index contributed by atoms with van der Waals surface area (Å²) in [7, 11) is 1.59. The van der Waals surface area contributed by atoms with Gasteiger partial charge in [-0.25, -0.2) is 9.78 Å². The zero-order valence-electron chi connectivity index (χ0n) is 9.23. The van der Waals surface area contributed by atoms with E-state index in [1.807, 2.05) is 6.92 Å². The van der Waals surface area contributed by atoms with Crippen molar-refractivity contribution in [3.63, 3.8) is 0 Å². The van der Waals surface area contributed by atoms with Crippen LogP contribution in [0.4, 0.5) is 11.5 Å². The van der Waals surface area contributed by atoms with Gasteiger partial charge < -0.3 is 20.9 Å². The largest absolute Gasteiger partial charge is 0.477 e. The van der Waals surface area contributed by atoms with E-state index in [2.05, 4.69) is 10.3 Å². The number of carbonyl (C=O) groups is 1. The fourth-order valence-corrected chi connectivity index (χ4v) is 1.05. The summed E-state index contributed by atoms with van der Waals surface area (Å²) in [6, 6.07) is 2.87. The molecule has 16 heavy (non-hydrogen) atoms. The Bertz CT molecular complexity index is 382. The third-order valence-electron chi connectivity index (χ3n) is 2.10. The molecule has 0 aliphatic rings. The molecule has 1 heterocycles. The Kier molecular flexibility index (Phi) is 4.07. The topological polar surface area (TPSA) is 97.5 Å². The van der Waals surface area contributed by atoms with Crippen LogP contribution >= 0.6 is 0 Å². The van der Waals surface area contributed by atoms with Gasteiger partial charge in [-0.15, -0.1) is 0 Å². The number of carboxylic acid groups (broad SMARTS) is 1. The minimum Gasteiger partial charge on any atom is -0.477 e. The third kappa shape index (κ3) is 3.09. The van der Waals surface area contributed by atoms with E-state index < -0.39 is 5.97 Å². The van der Waals surface area contributed by atoms with Crippen molar-refractivity contribution in [1.29, 1.82) is 0 Å². The van der Waals surface area contributed by atoms with Crippen molar-refractivity contribution in [2.45, 2.75) is 13.0 Å². The molecule has 0 aliphatic carbocycles. The number of ether oxygens (including phenoxy) is 1. The lowest BCUT2D eigenvalue weighted by Crippen LogP contribution is -2.20. The van der Waals surface area contributed by atoms with E-state index in [1.54, 1.807) is 7.11 Å². The van der Waals surface area contributed by atoms with Crippen LogP contribution in [-0.2, 0) is 4.74 Å². The van der Waals surface area contributed by atoms with E-state index in [9.17, 15) is 4.79 Å². The molecular weight excluding hydrogens is 210 g/mol. The molecule has 0 amide bonds. The van der Waals surface area contributed by atoms with Crippen LogP contribution in [0.2, 0.25) is 0 Å². The van der Waals surface area contributed by atoms with Crippen LogP contribution in [-0.4, -0.2) is 35.8 Å². The first-order valence-electron chi connectivity index (χ1n) is 4.81. The van der Waals surface area contributed by atoms with Gasteiger partial charge in [-0.1, -0.05) is 0 Å². The van der Waals surface area contributed by atoms with Gasteiger partial charge in [0.1, 0.15) is 5.82 Å². The highest BCUT2D eigenvalue weighted by molar-refractivity contribution is 5.86. The standard InChI is InChI=1S/C10H15N3O3/c1-6(16-2)5-12-9-7(11)3-4-8(13-9)10(14)15/h3-4,6H,5,11H2,1-2H3,(H,12,13)(H,14,15). The SMILES string of the molecule is COC(C)CNc1nc(C(=O)O)ccc1N. The maximum absolute atomic E-state index is 10.7. The van der Waals surface area contributed by atoms with Gasteiger partial charge in [-0.2, -0.15) is 0 Å². The average Bonchev–Trinajstić information content (AvgIpc) is 2.27. The molecule has 88 valence electrons. The number of hydrogen-bond acceptors (Lipinski definition) is 5. The Morgan fingerprint density at radius 2 is 2.38 bits per heavy atom. The first kappa shape index (κ1) is 12.3. The van der Waals surface area contributed by atoms with Crippen LogP contribution in [0.15, 0.2) is 12.1 Å². The number of rotatable bonds is 5. The smallest absolute Gasteiger partial charge is 0.354 e. The third-order valence-corrected chi connectivity index (χ3v) is 2.10. The Labute approximate surface area is 93.4 Å². The summed E-state index contributed by atoms with van der Waals surface area (Å²) in [5, 5.41) is 11.7. The number of nitrogens with two attached hydrogens (primary N) is 1. The highest BCUT2D eigenvalue weighted by Crippen LogP contribution is 2.15. The highest BCUT2D eigenvalue weighted by Gasteiger charge is 2.09. The number of pyridine rings is 1. The van der Waals surface area contributed by atoms with Gasteiger partial charge in [0, 0.05) is 13.7 Å². The number of carboxylic acids is 1. The number of hydrogen-bond donors (Lipinski definition) is 3. The van der Waals surface area contributed by atoms with E-state index >= 15 is 0 Å². The average molecular weight is 225 g/mol. The van der Waals surface area contributed by atoms with Gasteiger partial charge in [-0.05, 0) is 19.1 Å². The van der Waals surface area contributed by atoms with Gasteiger partial charge in [0.2, 0.25) is 0 Å². The Balaban J connectivity index is 2.78. The van der Waals surface area contributed by atoms with Crippen molar-refractivity contribution in [2.24, 2.45) is 0 Å². The molecule has 0 saturated heterocycles. The molecule has 0 aliphatic heterocycles. The van der Waals surface area contributed by atoms with Crippen LogP contribution in [0, 0.1) is 0 Å². The first-order valence-corrected chi connectivity index (χ1v) is 4.81. The number of nitrogens with zero attached hydrogens (tertiary/aromatic N) is 1. The summed E-state index contributed by atoms with van der Waals surface area (Å²) in [5.74, 6) is -0.716. The molecule has 1 unspecified atom stereocenters. The van der Waals surface area contributed by atoms with E-state index in [0.29, 0.717) is 18.1 Å². The monoisotopic (exact) mass is 225 g/mol. The first-order chi connectivity index (χ1) is 7.54. The predicted octanol–water partition coefficient (Wildman–Crippen LogP) is 0.809. The van der Waals surface area contributed by atoms with E-state index in [1.165, 1.54) is 12.1 Å². The molecule has 0 bridgehead atoms. The fourth-order valence-electron chi connectivity index (χ4n) is 1.05. The molecule has 4 N–H and O–H groups in total. The Morgan fingerprint density at radius 3 is 2.94 bits per heavy atom. The van der Waals surface area contributed by atoms with Gasteiger partial charge in [0.25, 0.3) is 0 Å². The number of nitrogens with one attached hydrogen (secondary N) is 1. The second-order valence-electron chi connectivity index (χ2n) is 3.37. The van der Waals surface area contributed by atoms with Crippen molar-refractivity contribution in [3.05, 3.63) is 17.8 Å². The lowest BCUT2D eigenvalue weighted by molar-refractivity contribution is 0.0690. The molecule has 1 atom stereocenters. The number of anilines is 2. The van der Waals surface area contributed by atoms with E-state index in [-0.39, 0.29) is 11.8 Å². The molecule has 1 rings (SSSR count). The molecule has 6 heteroatoms. The number of methoxy groups -OCH3 is 1. The summed E-state index contributed by atoms with van der Waals surface area (Å²) < 4.78 is 5.04. The molecule has 1 aromatic rings. The van der Waals surface area contributed by atoms with Crippen molar-refractivity contribution in [3.8, 4) is 0 Å². The molecule has 1 aromatic heterocycles. The summed E-state index contributed by atoms with van der Waals surface area (Å²) in [4.78, 5) is 14.6. The van der Waals surface area contributed by atoms with Gasteiger partial charge >= 0.3 is 5.97 Å². The van der Waals surface area contributed by atoms with Crippen molar-refractivity contribution >= 4 is 17.5 Å². The second kappa shape index (κ2) is 5.32. The van der Waals surface area contributed by atoms with Crippen molar-refractivity contribution < 1.29 is 14.6 Å². The predicted molar refractivity (Wildman–Crippen MR) is 60.6 cm³/mol. The lowest BCUT2D eigenvalue weighted by Gasteiger charge is -2.12. The van der Waals surface area contributed by atoms with Crippen LogP contribution < -0.4 is 11.1 Å². The summed E-state index contributed by atoms with van der Waals surface area (Å²) in [5.41, 5.74) is 6.03. The minimum atomic E-state index is -1.08. The summed E-state index contributed by atoms with van der Waals surface area (Å²) in [6.07, 6.45) is -0.00492. The summed E-state index contributed by atoms with van der Waals surface area (Å²) >= 11 is 0. The molecule has 0 aromatic carbocycles. The van der Waals surface area contributed by atoms with Gasteiger partial charge in [0.15, 0.2) is 5.69 Å². The zero-order valence-corrected chi connectivity index (χ0v) is 9.23. The number of aromatic nitrogens is 1. The molecule has 0 fully saturated rings. The number of aromatic carboxylic acids is 1. The van der Waals surface area contributed by atoms with Crippen molar-refractivity contribution in [1.82, 2.24) is 4.98 Å². The van der Waals surface area contributed by atoms with Crippen LogP contribution in [0.1, 0.15) is 17.4 Å². The molecule has 0 radical (unpaired) electrons. The molecular formula is C10H15N3O3. The lowest BCUT2D eigenvalue weighted by atomic mass is 10.3. The van der Waals surface area contributed by atoms with Crippen LogP contribution in [0.5, 0.6) is 0 Å². The Hall–Kier alpha value is -1.82. The Morgan fingerprint density at radius 1 is 1.69 bits per heavy atom. The van der Waals surface area contributed by atoms with E-state index in [4.69, 9.17) is 15.6 Å². The van der Waals surface area contributed by atoms with Gasteiger partial charge in [0.05, 0.1) is 11.8 Å². The van der Waals surface area contributed by atoms with E-state index in [0.717, 1.165) is 0 Å². The van der Waals surface area contributed by atoms with Gasteiger partial charge in [-0.3, -0.25) is 0 Å². The maximum Gasteiger partial charge on any atom is 0.354 e. The molecule has 0 saturated carbocycles. The van der Waals surface area contributed by atoms with Crippen molar-refractivity contribution in [2.75, 3.05) is 24.7 Å².